The maximum absolute atomic E-state index is 4.71. The first-order valence-electron chi connectivity index (χ1n) is 3.75. The third kappa shape index (κ3) is 1.16. The van der Waals surface area contributed by atoms with Crippen LogP contribution in [0.4, 0.5) is 0 Å². The van der Waals surface area contributed by atoms with Gasteiger partial charge in [0.05, 0.1) is 12.7 Å². The molecule has 6 heteroatoms. The van der Waals surface area contributed by atoms with E-state index in [-0.39, 0.29) is 0 Å². The van der Waals surface area contributed by atoms with Gasteiger partial charge >= 0.3 is 0 Å². The molecular formula is C7H9N5O. The van der Waals surface area contributed by atoms with Crippen molar-refractivity contribution in [1.29, 1.82) is 0 Å². The predicted octanol–water partition coefficient (Wildman–Crippen LogP) is -0.242. The van der Waals surface area contributed by atoms with E-state index in [2.05, 4.69) is 20.1 Å². The lowest BCUT2D eigenvalue weighted by atomic mass is 10.5. The molecule has 2 rings (SSSR count). The number of nitrogens with one attached hydrogen (secondary N) is 1. The average Bonchev–Trinajstić information content (AvgIpc) is 2.58. The zero-order chi connectivity index (χ0) is 9.26. The van der Waals surface area contributed by atoms with E-state index in [1.807, 2.05) is 7.05 Å². The highest BCUT2D eigenvalue weighted by molar-refractivity contribution is 5.67. The molecule has 0 saturated heterocycles. The van der Waals surface area contributed by atoms with E-state index >= 15 is 0 Å². The topological polar surface area (TPSA) is 68.1 Å². The molecule has 2 aromatic rings. The molecule has 0 spiro atoms. The summed E-state index contributed by atoms with van der Waals surface area (Å²) in [5.74, 6) is 0. The van der Waals surface area contributed by atoms with Gasteiger partial charge in [0, 0.05) is 7.05 Å². The molecule has 0 radical (unpaired) electrons. The fourth-order valence-electron chi connectivity index (χ4n) is 1.12. The highest BCUT2D eigenvalue weighted by Gasteiger charge is 2.01. The van der Waals surface area contributed by atoms with Gasteiger partial charge in [-0.25, -0.2) is 9.97 Å². The van der Waals surface area contributed by atoms with Gasteiger partial charge in [-0.3, -0.25) is 0 Å². The van der Waals surface area contributed by atoms with Crippen molar-refractivity contribution in [3.8, 4) is 0 Å². The van der Waals surface area contributed by atoms with E-state index in [9.17, 15) is 0 Å². The Morgan fingerprint density at radius 2 is 2.38 bits per heavy atom. The molecule has 68 valence electrons. The van der Waals surface area contributed by atoms with E-state index < -0.39 is 0 Å². The van der Waals surface area contributed by atoms with Gasteiger partial charge in [-0.1, -0.05) is 5.16 Å². The van der Waals surface area contributed by atoms with Crippen molar-refractivity contribution in [2.24, 2.45) is 12.2 Å². The van der Waals surface area contributed by atoms with Crippen molar-refractivity contribution in [2.75, 3.05) is 7.11 Å². The van der Waals surface area contributed by atoms with Crippen LogP contribution in [0.15, 0.2) is 17.8 Å². The molecule has 0 amide bonds. The van der Waals surface area contributed by atoms with Crippen LogP contribution in [0.25, 0.3) is 11.2 Å². The van der Waals surface area contributed by atoms with Gasteiger partial charge in [0.25, 0.3) is 0 Å². The largest absolute Gasteiger partial charge is 0.397 e. The Hall–Kier alpha value is -1.85. The van der Waals surface area contributed by atoms with E-state index in [0.717, 1.165) is 5.52 Å². The number of imidazole rings is 1. The van der Waals surface area contributed by atoms with Crippen molar-refractivity contribution in [3.05, 3.63) is 18.1 Å². The normalized spacial score (nSPS) is 12.3. The van der Waals surface area contributed by atoms with Crippen molar-refractivity contribution < 1.29 is 4.84 Å². The molecule has 6 nitrogen and oxygen atoms in total. The second-order valence-corrected chi connectivity index (χ2v) is 2.55. The number of nitrogens with zero attached hydrogens (tertiary/aromatic N) is 4. The monoisotopic (exact) mass is 179 g/mol. The van der Waals surface area contributed by atoms with E-state index in [0.29, 0.717) is 11.1 Å². The smallest absolute Gasteiger partial charge is 0.200 e. The summed E-state index contributed by atoms with van der Waals surface area (Å²) in [5, 5.41) is 3.86. The van der Waals surface area contributed by atoms with Crippen LogP contribution in [-0.2, 0) is 11.9 Å². The molecular weight excluding hydrogens is 170 g/mol. The summed E-state index contributed by atoms with van der Waals surface area (Å²) < 4.78 is 1.75. The number of rotatable bonds is 1. The van der Waals surface area contributed by atoms with Crippen LogP contribution in [0.1, 0.15) is 0 Å². The summed E-state index contributed by atoms with van der Waals surface area (Å²) in [7, 11) is 3.34. The summed E-state index contributed by atoms with van der Waals surface area (Å²) in [4.78, 5) is 15.8. The molecule has 2 heterocycles. The third-order valence-corrected chi connectivity index (χ3v) is 1.71. The van der Waals surface area contributed by atoms with Gasteiger partial charge in [0.15, 0.2) is 5.65 Å². The Balaban J connectivity index is 2.89. The van der Waals surface area contributed by atoms with Crippen LogP contribution in [0.3, 0.4) is 0 Å². The molecule has 2 aromatic heterocycles. The zero-order valence-electron chi connectivity index (χ0n) is 7.35. The van der Waals surface area contributed by atoms with Gasteiger partial charge in [-0.2, -0.15) is 0 Å². The number of H-pyrrole nitrogens is 1. The quantitative estimate of drug-likeness (QED) is 0.614. The summed E-state index contributed by atoms with van der Waals surface area (Å²) in [5.41, 5.74) is 2.07. The van der Waals surface area contributed by atoms with Crippen LogP contribution >= 0.6 is 0 Å². The van der Waals surface area contributed by atoms with Gasteiger partial charge in [0.2, 0.25) is 5.49 Å². The van der Waals surface area contributed by atoms with Gasteiger partial charge in [-0.05, 0) is 0 Å². The molecule has 1 N–H and O–H groups in total. The van der Waals surface area contributed by atoms with Gasteiger partial charge in [0.1, 0.15) is 12.6 Å². The number of hydrogen-bond acceptors (Lipinski definition) is 4. The Morgan fingerprint density at radius 1 is 1.54 bits per heavy atom. The molecule has 0 unspecified atom stereocenters. The molecule has 0 aromatic carbocycles. The maximum atomic E-state index is 4.71. The summed E-state index contributed by atoms with van der Waals surface area (Å²) in [6, 6.07) is 0. The number of aryl methyl sites for hydroxylation is 1. The second-order valence-electron chi connectivity index (χ2n) is 2.55. The first kappa shape index (κ1) is 7.78. The second kappa shape index (κ2) is 2.89. The van der Waals surface area contributed by atoms with E-state index in [1.165, 1.54) is 7.11 Å². The van der Waals surface area contributed by atoms with Crippen molar-refractivity contribution in [3.63, 3.8) is 0 Å². The summed E-state index contributed by atoms with van der Waals surface area (Å²) in [6.45, 7) is 0. The zero-order valence-corrected chi connectivity index (χ0v) is 7.35. The van der Waals surface area contributed by atoms with E-state index in [4.69, 9.17) is 4.84 Å². The highest BCUT2D eigenvalue weighted by Crippen LogP contribution is 1.96. The van der Waals surface area contributed by atoms with Crippen LogP contribution < -0.4 is 5.49 Å². The van der Waals surface area contributed by atoms with Gasteiger partial charge < -0.3 is 14.4 Å². The predicted molar refractivity (Wildman–Crippen MR) is 45.4 cm³/mol. The minimum atomic E-state index is 0.633. The molecule has 0 atom stereocenters. The number of aromatic nitrogens is 4. The lowest BCUT2D eigenvalue weighted by Crippen LogP contribution is -2.19. The fourth-order valence-corrected chi connectivity index (χ4v) is 1.12. The molecule has 0 saturated carbocycles. The van der Waals surface area contributed by atoms with Crippen LogP contribution in [0.2, 0.25) is 0 Å². The number of hydrogen-bond donors (Lipinski definition) is 1. The summed E-state index contributed by atoms with van der Waals surface area (Å²) >= 11 is 0. The Morgan fingerprint density at radius 3 is 3.15 bits per heavy atom. The van der Waals surface area contributed by atoms with Crippen molar-refractivity contribution in [2.45, 2.75) is 0 Å². The Labute approximate surface area is 73.9 Å². The minimum absolute atomic E-state index is 0.633. The lowest BCUT2D eigenvalue weighted by molar-refractivity contribution is 0.197. The lowest BCUT2D eigenvalue weighted by Gasteiger charge is -1.97. The van der Waals surface area contributed by atoms with Crippen LogP contribution in [0.5, 0.6) is 0 Å². The standard InChI is InChI=1S/C7H9N5O/c1-12-4-10-6-5(8-3-9-6)7(12)11-13-2/h3-4H,1-2H3,(H,8,9)/b11-7-. The molecule has 0 fully saturated rings. The summed E-state index contributed by atoms with van der Waals surface area (Å²) in [6.07, 6.45) is 3.22. The third-order valence-electron chi connectivity index (χ3n) is 1.71. The minimum Gasteiger partial charge on any atom is -0.397 e. The number of fused-ring (bicyclic) bond motifs is 1. The molecule has 0 aliphatic rings. The highest BCUT2D eigenvalue weighted by atomic mass is 16.6. The van der Waals surface area contributed by atoms with Crippen LogP contribution in [-0.4, -0.2) is 26.6 Å². The fraction of sp³-hybridized carbons (Fsp3) is 0.286. The van der Waals surface area contributed by atoms with Crippen LogP contribution in [0, 0.1) is 0 Å². The first-order valence-corrected chi connectivity index (χ1v) is 3.75. The molecule has 13 heavy (non-hydrogen) atoms. The van der Waals surface area contributed by atoms with Crippen molar-refractivity contribution in [1.82, 2.24) is 19.5 Å². The maximum Gasteiger partial charge on any atom is 0.200 e. The van der Waals surface area contributed by atoms with Gasteiger partial charge in [-0.15, -0.1) is 0 Å². The molecule has 0 bridgehead atoms. The Kier molecular flexibility index (Phi) is 1.73. The SMILES string of the molecule is CO/N=c1/c2[nH]cnc2ncn1C. The van der Waals surface area contributed by atoms with Crippen molar-refractivity contribution >= 4 is 11.2 Å². The Bertz CT molecular complexity index is 483. The van der Waals surface area contributed by atoms with E-state index in [1.54, 1.807) is 17.2 Å². The first-order chi connectivity index (χ1) is 6.33. The molecule has 0 aliphatic carbocycles. The average molecular weight is 179 g/mol. The number of aromatic amines is 1. The molecule has 0 aliphatic heterocycles.